The molecule has 19 heavy (non-hydrogen) atoms. The van der Waals surface area contributed by atoms with Gasteiger partial charge in [-0.2, -0.15) is 0 Å². The number of aromatic nitrogens is 1. The Kier molecular flexibility index (Phi) is 4.77. The van der Waals surface area contributed by atoms with E-state index in [4.69, 9.17) is 5.73 Å². The van der Waals surface area contributed by atoms with Crippen molar-refractivity contribution >= 4 is 5.82 Å². The molecule has 1 saturated heterocycles. The minimum absolute atomic E-state index is 0.0731. The Morgan fingerprint density at radius 3 is 2.47 bits per heavy atom. The molecule has 0 bridgehead atoms. The highest BCUT2D eigenvalue weighted by Crippen LogP contribution is 2.18. The van der Waals surface area contributed by atoms with Crippen molar-refractivity contribution < 1.29 is 0 Å². The summed E-state index contributed by atoms with van der Waals surface area (Å²) in [6, 6.07) is 4.20. The van der Waals surface area contributed by atoms with E-state index in [2.05, 4.69) is 34.7 Å². The Balaban J connectivity index is 1.96. The normalized spacial score (nSPS) is 18.9. The second kappa shape index (κ2) is 6.35. The van der Waals surface area contributed by atoms with E-state index in [1.807, 2.05) is 19.2 Å². The molecule has 0 amide bonds. The van der Waals surface area contributed by atoms with E-state index >= 15 is 0 Å². The molecule has 106 valence electrons. The van der Waals surface area contributed by atoms with Gasteiger partial charge in [-0.15, -0.1) is 0 Å². The van der Waals surface area contributed by atoms with Crippen LogP contribution in [0.5, 0.6) is 0 Å². The molecule has 0 aromatic carbocycles. The van der Waals surface area contributed by atoms with Gasteiger partial charge in [-0.05, 0) is 30.5 Å². The summed E-state index contributed by atoms with van der Waals surface area (Å²) in [5, 5.41) is 0. The molecule has 2 rings (SSSR count). The van der Waals surface area contributed by atoms with Crippen molar-refractivity contribution in [1.82, 2.24) is 9.88 Å². The van der Waals surface area contributed by atoms with Gasteiger partial charge in [0.2, 0.25) is 0 Å². The van der Waals surface area contributed by atoms with Crippen molar-refractivity contribution in [3.05, 3.63) is 23.9 Å². The van der Waals surface area contributed by atoms with Gasteiger partial charge in [0.05, 0.1) is 0 Å². The molecule has 1 atom stereocenters. The average Bonchev–Trinajstić information content (AvgIpc) is 2.39. The van der Waals surface area contributed by atoms with E-state index < -0.39 is 0 Å². The van der Waals surface area contributed by atoms with Crippen molar-refractivity contribution in [1.29, 1.82) is 0 Å². The van der Waals surface area contributed by atoms with Gasteiger partial charge in [0.25, 0.3) is 0 Å². The number of hydrogen-bond donors (Lipinski definition) is 1. The SMILES string of the molecule is CC(C)CN1CCN(c2cc(C(C)N)ccn2)CC1. The molecule has 4 heteroatoms. The van der Waals surface area contributed by atoms with Crippen LogP contribution in [0.25, 0.3) is 0 Å². The van der Waals surface area contributed by atoms with Crippen molar-refractivity contribution in [3.8, 4) is 0 Å². The second-order valence-electron chi connectivity index (χ2n) is 5.92. The van der Waals surface area contributed by atoms with Gasteiger partial charge in [-0.3, -0.25) is 4.90 Å². The first-order valence-corrected chi connectivity index (χ1v) is 7.25. The van der Waals surface area contributed by atoms with Gasteiger partial charge in [-0.1, -0.05) is 13.8 Å². The molecule has 1 fully saturated rings. The summed E-state index contributed by atoms with van der Waals surface area (Å²) < 4.78 is 0. The van der Waals surface area contributed by atoms with Gasteiger partial charge in [-0.25, -0.2) is 4.98 Å². The standard InChI is InChI=1S/C15H26N4/c1-12(2)11-18-6-8-19(9-7-18)15-10-14(13(3)16)4-5-17-15/h4-5,10,12-13H,6-9,11,16H2,1-3H3. The van der Waals surface area contributed by atoms with E-state index in [-0.39, 0.29) is 6.04 Å². The topological polar surface area (TPSA) is 45.4 Å². The molecule has 0 radical (unpaired) electrons. The number of pyridine rings is 1. The van der Waals surface area contributed by atoms with E-state index in [1.54, 1.807) is 0 Å². The second-order valence-corrected chi connectivity index (χ2v) is 5.92. The third-order valence-corrected chi connectivity index (χ3v) is 3.61. The Morgan fingerprint density at radius 1 is 1.21 bits per heavy atom. The van der Waals surface area contributed by atoms with Crippen LogP contribution in [-0.4, -0.2) is 42.6 Å². The predicted octanol–water partition coefficient (Wildman–Crippen LogP) is 1.88. The zero-order chi connectivity index (χ0) is 13.8. The van der Waals surface area contributed by atoms with Gasteiger partial charge in [0, 0.05) is 45.0 Å². The molecule has 0 spiro atoms. The lowest BCUT2D eigenvalue weighted by Crippen LogP contribution is -2.47. The number of anilines is 1. The van der Waals surface area contributed by atoms with Crippen LogP contribution in [0.15, 0.2) is 18.3 Å². The lowest BCUT2D eigenvalue weighted by molar-refractivity contribution is 0.231. The lowest BCUT2D eigenvalue weighted by Gasteiger charge is -2.36. The molecule has 1 aliphatic rings. The summed E-state index contributed by atoms with van der Waals surface area (Å²) in [5.74, 6) is 1.81. The average molecular weight is 262 g/mol. The van der Waals surface area contributed by atoms with Crippen molar-refractivity contribution in [3.63, 3.8) is 0 Å². The van der Waals surface area contributed by atoms with Crippen LogP contribution >= 0.6 is 0 Å². The Morgan fingerprint density at radius 2 is 1.89 bits per heavy atom. The van der Waals surface area contributed by atoms with E-state index in [1.165, 1.54) is 6.54 Å². The molecule has 1 aliphatic heterocycles. The van der Waals surface area contributed by atoms with Gasteiger partial charge in [0.15, 0.2) is 0 Å². The molecular weight excluding hydrogens is 236 g/mol. The first-order chi connectivity index (χ1) is 9.06. The monoisotopic (exact) mass is 262 g/mol. The molecule has 1 aromatic heterocycles. The summed E-state index contributed by atoms with van der Waals surface area (Å²) in [5.41, 5.74) is 7.10. The fourth-order valence-corrected chi connectivity index (χ4v) is 2.57. The number of hydrogen-bond acceptors (Lipinski definition) is 4. The summed E-state index contributed by atoms with van der Waals surface area (Å²) >= 11 is 0. The number of piperazine rings is 1. The van der Waals surface area contributed by atoms with E-state index in [9.17, 15) is 0 Å². The minimum Gasteiger partial charge on any atom is -0.354 e. The maximum Gasteiger partial charge on any atom is 0.128 e. The maximum atomic E-state index is 5.93. The minimum atomic E-state index is 0.0731. The zero-order valence-electron chi connectivity index (χ0n) is 12.3. The molecule has 1 aromatic rings. The van der Waals surface area contributed by atoms with E-state index in [0.29, 0.717) is 0 Å². The van der Waals surface area contributed by atoms with Crippen LogP contribution in [-0.2, 0) is 0 Å². The largest absolute Gasteiger partial charge is 0.354 e. The predicted molar refractivity (Wildman–Crippen MR) is 80.3 cm³/mol. The highest BCUT2D eigenvalue weighted by Gasteiger charge is 2.18. The van der Waals surface area contributed by atoms with Crippen LogP contribution in [0, 0.1) is 5.92 Å². The van der Waals surface area contributed by atoms with Crippen LogP contribution in [0.4, 0.5) is 5.82 Å². The third kappa shape index (κ3) is 3.91. The summed E-state index contributed by atoms with van der Waals surface area (Å²) in [6.45, 7) is 12.1. The Bertz CT molecular complexity index is 395. The van der Waals surface area contributed by atoms with Crippen LogP contribution in [0.3, 0.4) is 0 Å². The highest BCUT2D eigenvalue weighted by molar-refractivity contribution is 5.42. The first-order valence-electron chi connectivity index (χ1n) is 7.25. The molecule has 0 aliphatic carbocycles. The van der Waals surface area contributed by atoms with Gasteiger partial charge in [0.1, 0.15) is 5.82 Å². The zero-order valence-corrected chi connectivity index (χ0v) is 12.3. The first kappa shape index (κ1) is 14.3. The van der Waals surface area contributed by atoms with Crippen LogP contribution in [0.2, 0.25) is 0 Å². The van der Waals surface area contributed by atoms with E-state index in [0.717, 1.165) is 43.5 Å². The quantitative estimate of drug-likeness (QED) is 0.900. The van der Waals surface area contributed by atoms with Crippen molar-refractivity contribution in [2.75, 3.05) is 37.6 Å². The maximum absolute atomic E-state index is 5.93. The summed E-state index contributed by atoms with van der Waals surface area (Å²) in [7, 11) is 0. The van der Waals surface area contributed by atoms with Gasteiger partial charge < -0.3 is 10.6 Å². The molecule has 0 saturated carbocycles. The molecular formula is C15H26N4. The van der Waals surface area contributed by atoms with Crippen molar-refractivity contribution in [2.45, 2.75) is 26.8 Å². The number of nitrogens with zero attached hydrogens (tertiary/aromatic N) is 3. The summed E-state index contributed by atoms with van der Waals surface area (Å²) in [6.07, 6.45) is 1.87. The smallest absolute Gasteiger partial charge is 0.128 e. The highest BCUT2D eigenvalue weighted by atomic mass is 15.3. The number of nitrogens with two attached hydrogens (primary N) is 1. The Hall–Kier alpha value is -1.13. The summed E-state index contributed by atoms with van der Waals surface area (Å²) in [4.78, 5) is 9.39. The Labute approximate surface area is 116 Å². The molecule has 1 unspecified atom stereocenters. The fraction of sp³-hybridized carbons (Fsp3) is 0.667. The third-order valence-electron chi connectivity index (χ3n) is 3.61. The molecule has 4 nitrogen and oxygen atoms in total. The fourth-order valence-electron chi connectivity index (χ4n) is 2.57. The lowest BCUT2D eigenvalue weighted by atomic mass is 10.1. The molecule has 2 heterocycles. The molecule has 2 N–H and O–H groups in total. The van der Waals surface area contributed by atoms with Gasteiger partial charge >= 0.3 is 0 Å². The van der Waals surface area contributed by atoms with Crippen LogP contribution < -0.4 is 10.6 Å². The number of rotatable bonds is 4. The van der Waals surface area contributed by atoms with Crippen molar-refractivity contribution in [2.24, 2.45) is 11.7 Å². The van der Waals surface area contributed by atoms with Crippen LogP contribution in [0.1, 0.15) is 32.4 Å².